The Labute approximate surface area is 169 Å². The molecule has 1 atom stereocenters. The summed E-state index contributed by atoms with van der Waals surface area (Å²) >= 11 is 0. The van der Waals surface area contributed by atoms with Gasteiger partial charge in [0, 0.05) is 6.54 Å². The molecule has 1 heterocycles. The number of unbranched alkanes of at least 4 members (excludes halogenated alkanes) is 3. The number of carbonyl (C=O) groups excluding carboxylic acids is 2. The van der Waals surface area contributed by atoms with Crippen LogP contribution in [0.2, 0.25) is 0 Å². The third-order valence-corrected chi connectivity index (χ3v) is 4.60. The Hall–Kier alpha value is -3.07. The third-order valence-electron chi connectivity index (χ3n) is 4.60. The number of nitrogens with one attached hydrogen (secondary N) is 1. The molecule has 1 aliphatic rings. The molecule has 0 aromatic heterocycles. The molecule has 158 valence electrons. The van der Waals surface area contributed by atoms with Gasteiger partial charge in [-0.3, -0.25) is 24.2 Å². The number of benzene rings is 1. The number of carboxylic acid groups (broad SMARTS) is 1. The van der Waals surface area contributed by atoms with Gasteiger partial charge in [0.2, 0.25) is 12.2 Å². The van der Waals surface area contributed by atoms with Crippen molar-refractivity contribution in [3.8, 4) is 0 Å². The number of nitrogens with zero attached hydrogens (tertiary/aromatic N) is 2. The first-order chi connectivity index (χ1) is 13.9. The van der Waals surface area contributed by atoms with E-state index in [1.807, 2.05) is 13.0 Å². The van der Waals surface area contributed by atoms with Gasteiger partial charge in [0.1, 0.15) is 6.54 Å². The van der Waals surface area contributed by atoms with Crippen molar-refractivity contribution < 1.29 is 29.7 Å². The Morgan fingerprint density at radius 2 is 1.79 bits per heavy atom. The summed E-state index contributed by atoms with van der Waals surface area (Å²) in [7, 11) is 0. The Balaban J connectivity index is 2.31. The molecule has 29 heavy (non-hydrogen) atoms. The number of hydrogen-bond acceptors (Lipinski definition) is 6. The normalized spacial score (nSPS) is 16.9. The van der Waals surface area contributed by atoms with Crippen LogP contribution in [-0.4, -0.2) is 62.3 Å². The Morgan fingerprint density at radius 1 is 1.10 bits per heavy atom. The second kappa shape index (κ2) is 10.5. The minimum absolute atomic E-state index is 0.0578. The Bertz CT molecular complexity index is 765. The SMILES string of the molecule is CCCCCCN1C(=O)C(C(=O)NCC(=O)O)=C(O)N(Cc2ccccc2)C1O. The van der Waals surface area contributed by atoms with Crippen molar-refractivity contribution in [2.24, 2.45) is 0 Å². The minimum Gasteiger partial charge on any atom is -0.494 e. The van der Waals surface area contributed by atoms with Gasteiger partial charge in [-0.1, -0.05) is 56.5 Å². The van der Waals surface area contributed by atoms with Crippen LogP contribution in [0.25, 0.3) is 0 Å². The topological polar surface area (TPSA) is 130 Å². The van der Waals surface area contributed by atoms with E-state index in [-0.39, 0.29) is 13.1 Å². The van der Waals surface area contributed by atoms with Gasteiger partial charge >= 0.3 is 5.97 Å². The van der Waals surface area contributed by atoms with E-state index in [4.69, 9.17) is 5.11 Å². The highest BCUT2D eigenvalue weighted by Crippen LogP contribution is 2.25. The van der Waals surface area contributed by atoms with Gasteiger partial charge in [-0.25, -0.2) is 0 Å². The zero-order valence-corrected chi connectivity index (χ0v) is 16.4. The predicted molar refractivity (Wildman–Crippen MR) is 104 cm³/mol. The van der Waals surface area contributed by atoms with Crippen molar-refractivity contribution in [2.45, 2.75) is 45.5 Å². The standard InChI is InChI=1S/C20H27N3O6/c1-2-3-4-8-11-22-18(27)16(17(26)21-12-15(24)25)19(28)23(20(22)29)13-14-9-6-5-7-10-14/h5-7,9-10,20,28-29H,2-4,8,11-13H2,1H3,(H,21,26)(H,24,25). The smallest absolute Gasteiger partial charge is 0.322 e. The van der Waals surface area contributed by atoms with E-state index in [0.29, 0.717) is 6.42 Å². The van der Waals surface area contributed by atoms with Gasteiger partial charge in [0.15, 0.2) is 5.57 Å². The second-order valence-corrected chi connectivity index (χ2v) is 6.79. The van der Waals surface area contributed by atoms with Crippen LogP contribution in [0, 0.1) is 0 Å². The van der Waals surface area contributed by atoms with Gasteiger partial charge in [-0.15, -0.1) is 0 Å². The summed E-state index contributed by atoms with van der Waals surface area (Å²) in [5, 5.41) is 32.2. The number of aliphatic hydroxyl groups is 2. The summed E-state index contributed by atoms with van der Waals surface area (Å²) in [5.41, 5.74) is 0.173. The lowest BCUT2D eigenvalue weighted by atomic mass is 10.1. The van der Waals surface area contributed by atoms with Crippen LogP contribution in [-0.2, 0) is 20.9 Å². The molecule has 2 rings (SSSR count). The number of carboxylic acids is 1. The zero-order chi connectivity index (χ0) is 21.4. The number of rotatable bonds is 10. The van der Waals surface area contributed by atoms with Crippen LogP contribution in [0.4, 0.5) is 0 Å². The maximum atomic E-state index is 12.8. The average molecular weight is 405 g/mol. The summed E-state index contributed by atoms with van der Waals surface area (Å²) in [5.74, 6) is -3.80. The molecule has 2 amide bonds. The van der Waals surface area contributed by atoms with Gasteiger partial charge in [0.25, 0.3) is 11.8 Å². The van der Waals surface area contributed by atoms with Crippen molar-refractivity contribution in [3.63, 3.8) is 0 Å². The van der Waals surface area contributed by atoms with E-state index in [0.717, 1.165) is 34.6 Å². The number of carbonyl (C=O) groups is 3. The highest BCUT2D eigenvalue weighted by molar-refractivity contribution is 6.19. The maximum absolute atomic E-state index is 12.8. The molecule has 4 N–H and O–H groups in total. The lowest BCUT2D eigenvalue weighted by Gasteiger charge is -2.41. The van der Waals surface area contributed by atoms with Crippen LogP contribution in [0.3, 0.4) is 0 Å². The van der Waals surface area contributed by atoms with Crippen molar-refractivity contribution in [2.75, 3.05) is 13.1 Å². The second-order valence-electron chi connectivity index (χ2n) is 6.79. The van der Waals surface area contributed by atoms with Crippen LogP contribution in [0.1, 0.15) is 38.2 Å². The molecule has 0 aliphatic carbocycles. The fourth-order valence-electron chi connectivity index (χ4n) is 3.07. The monoisotopic (exact) mass is 405 g/mol. The highest BCUT2D eigenvalue weighted by Gasteiger charge is 2.41. The van der Waals surface area contributed by atoms with E-state index in [2.05, 4.69) is 5.32 Å². The molecule has 9 nitrogen and oxygen atoms in total. The van der Waals surface area contributed by atoms with E-state index in [9.17, 15) is 24.6 Å². The van der Waals surface area contributed by atoms with Gasteiger partial charge in [-0.2, -0.15) is 0 Å². The molecular formula is C20H27N3O6. The molecule has 0 bridgehead atoms. The number of aliphatic hydroxyl groups excluding tert-OH is 2. The first-order valence-corrected chi connectivity index (χ1v) is 9.59. The van der Waals surface area contributed by atoms with E-state index in [1.54, 1.807) is 24.3 Å². The van der Waals surface area contributed by atoms with Gasteiger partial charge < -0.3 is 20.6 Å². The average Bonchev–Trinajstić information content (AvgIpc) is 2.70. The lowest BCUT2D eigenvalue weighted by Crippen LogP contribution is -2.57. The first kappa shape index (κ1) is 22.2. The van der Waals surface area contributed by atoms with Crippen LogP contribution in [0.5, 0.6) is 0 Å². The summed E-state index contributed by atoms with van der Waals surface area (Å²) < 4.78 is 0. The fourth-order valence-corrected chi connectivity index (χ4v) is 3.07. The Morgan fingerprint density at radius 3 is 2.41 bits per heavy atom. The highest BCUT2D eigenvalue weighted by atomic mass is 16.4. The summed E-state index contributed by atoms with van der Waals surface area (Å²) in [6.07, 6.45) is 2.00. The summed E-state index contributed by atoms with van der Waals surface area (Å²) in [6.45, 7) is 1.62. The van der Waals surface area contributed by atoms with Crippen molar-refractivity contribution >= 4 is 17.8 Å². The molecule has 0 fully saturated rings. The number of amides is 2. The van der Waals surface area contributed by atoms with Crippen LogP contribution >= 0.6 is 0 Å². The molecule has 0 spiro atoms. The van der Waals surface area contributed by atoms with E-state index < -0.39 is 42.1 Å². The van der Waals surface area contributed by atoms with E-state index in [1.165, 1.54) is 0 Å². The van der Waals surface area contributed by atoms with Gasteiger partial charge in [-0.05, 0) is 12.0 Å². The minimum atomic E-state index is -1.44. The summed E-state index contributed by atoms with van der Waals surface area (Å²) in [4.78, 5) is 38.2. The maximum Gasteiger partial charge on any atom is 0.322 e. The van der Waals surface area contributed by atoms with Crippen LogP contribution in [0.15, 0.2) is 41.8 Å². The Kier molecular flexibility index (Phi) is 8.02. The van der Waals surface area contributed by atoms with Gasteiger partial charge in [0.05, 0.1) is 6.54 Å². The third kappa shape index (κ3) is 5.71. The first-order valence-electron chi connectivity index (χ1n) is 9.59. The fraction of sp³-hybridized carbons (Fsp3) is 0.450. The molecule has 1 aromatic rings. The molecule has 0 radical (unpaired) electrons. The predicted octanol–water partition coefficient (Wildman–Crippen LogP) is 1.16. The van der Waals surface area contributed by atoms with Crippen molar-refractivity contribution in [3.05, 3.63) is 47.4 Å². The largest absolute Gasteiger partial charge is 0.494 e. The molecule has 0 saturated heterocycles. The van der Waals surface area contributed by atoms with E-state index >= 15 is 0 Å². The molecule has 1 aliphatic heterocycles. The van der Waals surface area contributed by atoms with Crippen LogP contribution < -0.4 is 5.32 Å². The molecule has 1 unspecified atom stereocenters. The number of hydrogen-bond donors (Lipinski definition) is 4. The molecule has 9 heteroatoms. The molecule has 0 saturated carbocycles. The zero-order valence-electron chi connectivity index (χ0n) is 16.4. The lowest BCUT2D eigenvalue weighted by molar-refractivity contribution is -0.165. The summed E-state index contributed by atoms with van der Waals surface area (Å²) in [6, 6.07) is 8.97. The number of aliphatic carboxylic acids is 1. The molecular weight excluding hydrogens is 378 g/mol. The van der Waals surface area contributed by atoms with Crippen molar-refractivity contribution in [1.82, 2.24) is 15.1 Å². The quantitative estimate of drug-likeness (QED) is 0.339. The van der Waals surface area contributed by atoms with Crippen molar-refractivity contribution in [1.29, 1.82) is 0 Å². The molecule has 1 aromatic carbocycles.